The minimum atomic E-state index is -0.0867. The molecule has 19 heavy (non-hydrogen) atoms. The van der Waals surface area contributed by atoms with Crippen molar-refractivity contribution >= 4 is 49.1 Å². The van der Waals surface area contributed by atoms with E-state index in [1.807, 2.05) is 30.3 Å². The summed E-state index contributed by atoms with van der Waals surface area (Å²) in [6.45, 7) is 0. The number of nitrogen functional groups attached to an aromatic ring is 1. The third-order valence-corrected chi connectivity index (χ3v) is 3.59. The minimum Gasteiger partial charge on any atom is -0.397 e. The van der Waals surface area contributed by atoms with Crippen LogP contribution in [0.3, 0.4) is 0 Å². The second-order valence-electron chi connectivity index (χ2n) is 4.08. The maximum absolute atomic E-state index is 11.9. The van der Waals surface area contributed by atoms with Crippen LogP contribution in [0.15, 0.2) is 51.4 Å². The molecule has 1 amide bonds. The maximum atomic E-state index is 11.9. The van der Waals surface area contributed by atoms with Crippen LogP contribution in [0.5, 0.6) is 0 Å². The van der Waals surface area contributed by atoms with Crippen LogP contribution in [0.2, 0.25) is 0 Å². The summed E-state index contributed by atoms with van der Waals surface area (Å²) < 4.78 is 1.88. The summed E-state index contributed by atoms with van der Waals surface area (Å²) in [5, 5.41) is 2.80. The third kappa shape index (κ3) is 4.08. The van der Waals surface area contributed by atoms with E-state index in [1.165, 1.54) is 0 Å². The molecule has 0 bridgehead atoms. The normalized spacial score (nSPS) is 10.2. The fraction of sp³-hybridized carbons (Fsp3) is 0.0714. The van der Waals surface area contributed by atoms with E-state index in [0.29, 0.717) is 17.8 Å². The number of rotatable bonds is 3. The van der Waals surface area contributed by atoms with Crippen molar-refractivity contribution in [3.8, 4) is 0 Å². The molecule has 5 heteroatoms. The van der Waals surface area contributed by atoms with Gasteiger partial charge in [0.05, 0.1) is 17.8 Å². The van der Waals surface area contributed by atoms with E-state index in [0.717, 1.165) is 14.5 Å². The van der Waals surface area contributed by atoms with E-state index in [9.17, 15) is 4.79 Å². The summed E-state index contributed by atoms with van der Waals surface area (Å²) in [5.74, 6) is -0.0867. The van der Waals surface area contributed by atoms with Gasteiger partial charge in [0.25, 0.3) is 0 Å². The van der Waals surface area contributed by atoms with Crippen LogP contribution in [0.25, 0.3) is 0 Å². The summed E-state index contributed by atoms with van der Waals surface area (Å²) >= 11 is 6.69. The molecule has 0 radical (unpaired) electrons. The molecule has 3 N–H and O–H groups in total. The molecule has 0 saturated heterocycles. The third-order valence-electron chi connectivity index (χ3n) is 2.57. The molecule has 2 aromatic carbocycles. The fourth-order valence-electron chi connectivity index (χ4n) is 1.63. The second kappa shape index (κ2) is 6.21. The Balaban J connectivity index is 2.03. The van der Waals surface area contributed by atoms with Gasteiger partial charge in [-0.1, -0.05) is 44.0 Å². The molecule has 98 valence electrons. The molecule has 0 spiro atoms. The predicted molar refractivity (Wildman–Crippen MR) is 85.0 cm³/mol. The number of carbonyl (C=O) groups is 1. The van der Waals surface area contributed by atoms with Gasteiger partial charge in [-0.25, -0.2) is 0 Å². The molecule has 0 aliphatic rings. The summed E-state index contributed by atoms with van der Waals surface area (Å²) in [6.07, 6.45) is 0.322. The lowest BCUT2D eigenvalue weighted by Gasteiger charge is -2.08. The van der Waals surface area contributed by atoms with Crippen LogP contribution in [-0.4, -0.2) is 5.91 Å². The average Bonchev–Trinajstić information content (AvgIpc) is 2.36. The van der Waals surface area contributed by atoms with E-state index < -0.39 is 0 Å². The molecule has 0 unspecified atom stereocenters. The van der Waals surface area contributed by atoms with E-state index in [-0.39, 0.29) is 5.91 Å². The quantitative estimate of drug-likeness (QED) is 0.787. The van der Waals surface area contributed by atoms with Crippen LogP contribution in [0.1, 0.15) is 5.56 Å². The van der Waals surface area contributed by atoms with Gasteiger partial charge in [-0.05, 0) is 35.9 Å². The van der Waals surface area contributed by atoms with Gasteiger partial charge < -0.3 is 11.1 Å². The zero-order valence-corrected chi connectivity index (χ0v) is 13.2. The molecule has 0 atom stereocenters. The van der Waals surface area contributed by atoms with Crippen LogP contribution in [-0.2, 0) is 11.2 Å². The highest BCUT2D eigenvalue weighted by Gasteiger charge is 2.06. The van der Waals surface area contributed by atoms with Crippen molar-refractivity contribution in [3.05, 3.63) is 57.0 Å². The Hall–Kier alpha value is -1.33. The SMILES string of the molecule is Nc1cc(Br)ccc1NC(=O)Cc1ccc(Br)cc1. The van der Waals surface area contributed by atoms with Gasteiger partial charge in [-0.2, -0.15) is 0 Å². The van der Waals surface area contributed by atoms with Crippen molar-refractivity contribution in [1.29, 1.82) is 0 Å². The van der Waals surface area contributed by atoms with E-state index >= 15 is 0 Å². The molecule has 0 saturated carbocycles. The first-order valence-corrected chi connectivity index (χ1v) is 7.22. The highest BCUT2D eigenvalue weighted by Crippen LogP contribution is 2.23. The number of anilines is 2. The van der Waals surface area contributed by atoms with Crippen LogP contribution < -0.4 is 11.1 Å². The molecule has 2 aromatic rings. The van der Waals surface area contributed by atoms with Crippen molar-refractivity contribution in [2.24, 2.45) is 0 Å². The summed E-state index contributed by atoms with van der Waals surface area (Å²) in [5.41, 5.74) is 7.96. The Morgan fingerprint density at radius 1 is 1.05 bits per heavy atom. The Bertz CT molecular complexity index is 597. The number of carbonyl (C=O) groups excluding carboxylic acids is 1. The Morgan fingerprint density at radius 3 is 2.32 bits per heavy atom. The van der Waals surface area contributed by atoms with Crippen molar-refractivity contribution in [2.45, 2.75) is 6.42 Å². The molecule has 0 aliphatic heterocycles. The number of hydrogen-bond acceptors (Lipinski definition) is 2. The number of nitrogens with one attached hydrogen (secondary N) is 1. The average molecular weight is 384 g/mol. The number of amides is 1. The van der Waals surface area contributed by atoms with Gasteiger partial charge in [0.2, 0.25) is 5.91 Å². The van der Waals surface area contributed by atoms with Crippen molar-refractivity contribution < 1.29 is 4.79 Å². The second-order valence-corrected chi connectivity index (χ2v) is 5.91. The highest BCUT2D eigenvalue weighted by molar-refractivity contribution is 9.10. The Morgan fingerprint density at radius 2 is 1.68 bits per heavy atom. The Kier molecular flexibility index (Phi) is 4.61. The van der Waals surface area contributed by atoms with Crippen LogP contribution >= 0.6 is 31.9 Å². The number of halogens is 2. The van der Waals surface area contributed by atoms with Crippen molar-refractivity contribution in [1.82, 2.24) is 0 Å². The monoisotopic (exact) mass is 382 g/mol. The molecule has 2 rings (SSSR count). The molecule has 0 aliphatic carbocycles. The molecular formula is C14H12Br2N2O. The first-order valence-electron chi connectivity index (χ1n) is 5.64. The number of nitrogens with two attached hydrogens (primary N) is 1. The number of hydrogen-bond donors (Lipinski definition) is 2. The number of benzene rings is 2. The van der Waals surface area contributed by atoms with Gasteiger partial charge in [-0.3, -0.25) is 4.79 Å². The van der Waals surface area contributed by atoms with Crippen molar-refractivity contribution in [3.63, 3.8) is 0 Å². The first-order chi connectivity index (χ1) is 9.04. The lowest BCUT2D eigenvalue weighted by Crippen LogP contribution is -2.15. The summed E-state index contributed by atoms with van der Waals surface area (Å²) in [6, 6.07) is 13.0. The maximum Gasteiger partial charge on any atom is 0.228 e. The van der Waals surface area contributed by atoms with Crippen LogP contribution in [0.4, 0.5) is 11.4 Å². The fourth-order valence-corrected chi connectivity index (χ4v) is 2.27. The molecular weight excluding hydrogens is 372 g/mol. The molecule has 3 nitrogen and oxygen atoms in total. The zero-order chi connectivity index (χ0) is 13.8. The summed E-state index contributed by atoms with van der Waals surface area (Å²) in [4.78, 5) is 11.9. The van der Waals surface area contributed by atoms with Gasteiger partial charge >= 0.3 is 0 Å². The lowest BCUT2D eigenvalue weighted by atomic mass is 10.1. The summed E-state index contributed by atoms with van der Waals surface area (Å²) in [7, 11) is 0. The van der Waals surface area contributed by atoms with Gasteiger partial charge in [0, 0.05) is 8.95 Å². The highest BCUT2D eigenvalue weighted by atomic mass is 79.9. The van der Waals surface area contributed by atoms with Crippen molar-refractivity contribution in [2.75, 3.05) is 11.1 Å². The van der Waals surface area contributed by atoms with Gasteiger partial charge in [0.1, 0.15) is 0 Å². The minimum absolute atomic E-state index is 0.0867. The van der Waals surface area contributed by atoms with E-state index in [2.05, 4.69) is 37.2 Å². The largest absolute Gasteiger partial charge is 0.397 e. The predicted octanol–water partition coefficient (Wildman–Crippen LogP) is 3.98. The molecule has 0 aromatic heterocycles. The van der Waals surface area contributed by atoms with Gasteiger partial charge in [0.15, 0.2) is 0 Å². The van der Waals surface area contributed by atoms with E-state index in [4.69, 9.17) is 5.73 Å². The molecule has 0 fully saturated rings. The van der Waals surface area contributed by atoms with Crippen LogP contribution in [0, 0.1) is 0 Å². The van der Waals surface area contributed by atoms with Gasteiger partial charge in [-0.15, -0.1) is 0 Å². The smallest absolute Gasteiger partial charge is 0.228 e. The van der Waals surface area contributed by atoms with E-state index in [1.54, 1.807) is 12.1 Å². The Labute approximate surface area is 128 Å². The zero-order valence-electron chi connectivity index (χ0n) is 9.99. The standard InChI is InChI=1S/C14H12Br2N2O/c15-10-3-1-9(2-4-10)7-14(19)18-13-6-5-11(16)8-12(13)17/h1-6,8H,7,17H2,(H,18,19). The first kappa shape index (κ1) is 14.1. The topological polar surface area (TPSA) is 55.1 Å². The molecule has 0 heterocycles. The lowest BCUT2D eigenvalue weighted by molar-refractivity contribution is -0.115.